The lowest BCUT2D eigenvalue weighted by molar-refractivity contribution is -0.137. The second kappa shape index (κ2) is 8.57. The number of hydrogen-bond acceptors (Lipinski definition) is 5. The fraction of sp³-hybridized carbons (Fsp3) is 0.217. The molecule has 3 rings (SSSR count). The van der Waals surface area contributed by atoms with Crippen LogP contribution in [0.1, 0.15) is 22.6 Å². The Balaban J connectivity index is 2.04. The van der Waals surface area contributed by atoms with Gasteiger partial charge in [-0.2, -0.15) is 0 Å². The Bertz CT molecular complexity index is 879. The van der Waals surface area contributed by atoms with Crippen molar-refractivity contribution in [3.05, 3.63) is 94.8 Å². The number of carbonyl (C=O) groups is 2. The Labute approximate surface area is 164 Å². The molecule has 1 aliphatic heterocycles. The molecule has 144 valence electrons. The number of aryl methyl sites for hydroxylation is 1. The number of hydrogen-bond donors (Lipinski definition) is 0. The van der Waals surface area contributed by atoms with Gasteiger partial charge in [0, 0.05) is 18.9 Å². The average Bonchev–Trinajstić information content (AvgIpc) is 2.74. The molecule has 0 unspecified atom stereocenters. The molecular weight excluding hydrogens is 354 g/mol. The number of esters is 2. The summed E-state index contributed by atoms with van der Waals surface area (Å²) < 4.78 is 10.0. The van der Waals surface area contributed by atoms with Gasteiger partial charge in [-0.3, -0.25) is 0 Å². The molecule has 0 saturated carbocycles. The molecule has 0 amide bonds. The van der Waals surface area contributed by atoms with Crippen LogP contribution in [0.3, 0.4) is 0 Å². The van der Waals surface area contributed by atoms with E-state index in [1.54, 1.807) is 12.4 Å². The van der Waals surface area contributed by atoms with E-state index >= 15 is 0 Å². The van der Waals surface area contributed by atoms with Crippen molar-refractivity contribution in [1.29, 1.82) is 0 Å². The van der Waals surface area contributed by atoms with Gasteiger partial charge >= 0.3 is 11.9 Å². The zero-order chi connectivity index (χ0) is 20.1. The highest BCUT2D eigenvalue weighted by molar-refractivity contribution is 5.98. The fourth-order valence-electron chi connectivity index (χ4n) is 3.29. The van der Waals surface area contributed by atoms with E-state index in [0.717, 1.165) is 11.1 Å². The summed E-state index contributed by atoms with van der Waals surface area (Å²) in [5, 5.41) is 0. The highest BCUT2D eigenvalue weighted by atomic mass is 16.5. The van der Waals surface area contributed by atoms with Crippen LogP contribution in [0.5, 0.6) is 0 Å². The smallest absolute Gasteiger partial charge is 0.336 e. The highest BCUT2D eigenvalue weighted by Crippen LogP contribution is 2.37. The molecular formula is C23H23NO4. The minimum absolute atomic E-state index is 0.392. The van der Waals surface area contributed by atoms with Crippen LogP contribution in [0.15, 0.2) is 78.1 Å². The van der Waals surface area contributed by atoms with Crippen LogP contribution in [0.25, 0.3) is 0 Å². The second-order valence-corrected chi connectivity index (χ2v) is 6.65. The summed E-state index contributed by atoms with van der Waals surface area (Å²) >= 11 is 0. The van der Waals surface area contributed by atoms with E-state index in [1.165, 1.54) is 19.8 Å². The molecule has 2 aromatic rings. The maximum absolute atomic E-state index is 12.6. The molecule has 5 nitrogen and oxygen atoms in total. The Morgan fingerprint density at radius 3 is 1.89 bits per heavy atom. The summed E-state index contributed by atoms with van der Waals surface area (Å²) in [6.45, 7) is 2.54. The molecule has 0 N–H and O–H groups in total. The molecule has 0 aliphatic carbocycles. The molecule has 28 heavy (non-hydrogen) atoms. The first-order valence-electron chi connectivity index (χ1n) is 8.99. The number of ether oxygens (including phenoxy) is 2. The molecule has 5 heteroatoms. The SMILES string of the molecule is COC(=O)C1=CN(Cc2ccc(C)cc2)C=C(C(=O)OC)C1c1ccccc1. The van der Waals surface area contributed by atoms with Crippen molar-refractivity contribution in [2.45, 2.75) is 19.4 Å². The third-order valence-electron chi connectivity index (χ3n) is 4.69. The van der Waals surface area contributed by atoms with Gasteiger partial charge in [-0.15, -0.1) is 0 Å². The van der Waals surface area contributed by atoms with Crippen molar-refractivity contribution in [3.63, 3.8) is 0 Å². The standard InChI is InChI=1S/C23H23NO4/c1-16-9-11-17(12-10-16)13-24-14-19(22(25)27-2)21(18-7-5-4-6-8-18)20(15-24)23(26)28-3/h4-12,14-15,21H,13H2,1-3H3. The van der Waals surface area contributed by atoms with Crippen molar-refractivity contribution in [2.75, 3.05) is 14.2 Å². The fourth-order valence-corrected chi connectivity index (χ4v) is 3.29. The molecule has 0 saturated heterocycles. The maximum atomic E-state index is 12.6. The van der Waals surface area contributed by atoms with Gasteiger partial charge in [-0.25, -0.2) is 9.59 Å². The predicted molar refractivity (Wildman–Crippen MR) is 106 cm³/mol. The van der Waals surface area contributed by atoms with Crippen molar-refractivity contribution < 1.29 is 19.1 Å². The quantitative estimate of drug-likeness (QED) is 0.744. The van der Waals surface area contributed by atoms with Gasteiger partial charge in [0.15, 0.2) is 0 Å². The van der Waals surface area contributed by atoms with Crippen LogP contribution in [0.2, 0.25) is 0 Å². The summed E-state index contributed by atoms with van der Waals surface area (Å²) in [5.41, 5.74) is 3.84. The van der Waals surface area contributed by atoms with E-state index < -0.39 is 17.9 Å². The van der Waals surface area contributed by atoms with E-state index in [1.807, 2.05) is 66.4 Å². The third-order valence-corrected chi connectivity index (χ3v) is 4.69. The molecule has 0 fully saturated rings. The zero-order valence-electron chi connectivity index (χ0n) is 16.2. The van der Waals surface area contributed by atoms with Crippen LogP contribution in [-0.4, -0.2) is 31.1 Å². The number of methoxy groups -OCH3 is 2. The molecule has 0 radical (unpaired) electrons. The number of carbonyl (C=O) groups excluding carboxylic acids is 2. The van der Waals surface area contributed by atoms with Crippen LogP contribution in [0.4, 0.5) is 0 Å². The zero-order valence-corrected chi connectivity index (χ0v) is 16.2. The van der Waals surface area contributed by atoms with Gasteiger partial charge < -0.3 is 14.4 Å². The molecule has 0 atom stereocenters. The maximum Gasteiger partial charge on any atom is 0.336 e. The van der Waals surface area contributed by atoms with Crippen LogP contribution in [0, 0.1) is 6.92 Å². The summed E-state index contributed by atoms with van der Waals surface area (Å²) in [6, 6.07) is 17.5. The third kappa shape index (κ3) is 4.14. The van der Waals surface area contributed by atoms with Crippen molar-refractivity contribution >= 4 is 11.9 Å². The first kappa shape index (κ1) is 19.4. The molecule has 2 aromatic carbocycles. The van der Waals surface area contributed by atoms with E-state index in [4.69, 9.17) is 9.47 Å². The normalized spacial score (nSPS) is 14.2. The minimum Gasteiger partial charge on any atom is -0.466 e. The van der Waals surface area contributed by atoms with Crippen LogP contribution >= 0.6 is 0 Å². The van der Waals surface area contributed by atoms with E-state index in [9.17, 15) is 9.59 Å². The highest BCUT2D eigenvalue weighted by Gasteiger charge is 2.35. The molecule has 1 aliphatic rings. The second-order valence-electron chi connectivity index (χ2n) is 6.65. The van der Waals surface area contributed by atoms with Crippen molar-refractivity contribution in [2.24, 2.45) is 0 Å². The Kier molecular flexibility index (Phi) is 5.94. The number of nitrogens with zero attached hydrogens (tertiary/aromatic N) is 1. The number of benzene rings is 2. The first-order chi connectivity index (χ1) is 13.5. The minimum atomic E-state index is -0.546. The predicted octanol–water partition coefficient (Wildman–Crippen LogP) is 3.71. The van der Waals surface area contributed by atoms with Gasteiger partial charge in [0.05, 0.1) is 31.3 Å². The largest absolute Gasteiger partial charge is 0.466 e. The van der Waals surface area contributed by atoms with Gasteiger partial charge in [0.2, 0.25) is 0 Å². The Hall–Kier alpha value is -3.34. The first-order valence-corrected chi connectivity index (χ1v) is 8.99. The number of rotatable bonds is 5. The van der Waals surface area contributed by atoms with Crippen molar-refractivity contribution in [1.82, 2.24) is 4.90 Å². The van der Waals surface area contributed by atoms with Crippen LogP contribution < -0.4 is 0 Å². The summed E-state index contributed by atoms with van der Waals surface area (Å²) in [5.74, 6) is -1.50. The molecule has 1 heterocycles. The molecule has 0 aromatic heterocycles. The lowest BCUT2D eigenvalue weighted by Gasteiger charge is -2.30. The van der Waals surface area contributed by atoms with Crippen LogP contribution in [-0.2, 0) is 25.6 Å². The van der Waals surface area contributed by atoms with Gasteiger partial charge in [-0.1, -0.05) is 60.2 Å². The summed E-state index contributed by atoms with van der Waals surface area (Å²) in [4.78, 5) is 26.9. The van der Waals surface area contributed by atoms with E-state index in [2.05, 4.69) is 0 Å². The van der Waals surface area contributed by atoms with E-state index in [0.29, 0.717) is 17.7 Å². The average molecular weight is 377 g/mol. The lowest BCUT2D eigenvalue weighted by atomic mass is 9.83. The van der Waals surface area contributed by atoms with E-state index in [-0.39, 0.29) is 0 Å². The summed E-state index contributed by atoms with van der Waals surface area (Å²) in [6.07, 6.45) is 3.49. The lowest BCUT2D eigenvalue weighted by Crippen LogP contribution is -2.28. The topological polar surface area (TPSA) is 55.8 Å². The summed E-state index contributed by atoms with van der Waals surface area (Å²) in [7, 11) is 2.68. The Morgan fingerprint density at radius 2 is 1.39 bits per heavy atom. The molecule has 0 spiro atoms. The molecule has 0 bridgehead atoms. The van der Waals surface area contributed by atoms with Crippen molar-refractivity contribution in [3.8, 4) is 0 Å². The Morgan fingerprint density at radius 1 is 0.857 bits per heavy atom. The van der Waals surface area contributed by atoms with Gasteiger partial charge in [0.25, 0.3) is 0 Å². The van der Waals surface area contributed by atoms with Gasteiger partial charge in [0.1, 0.15) is 0 Å². The monoisotopic (exact) mass is 377 g/mol. The van der Waals surface area contributed by atoms with Gasteiger partial charge in [-0.05, 0) is 18.1 Å².